The number of nitrogens with zero attached hydrogens (tertiary/aromatic N) is 1. The summed E-state index contributed by atoms with van der Waals surface area (Å²) in [4.78, 5) is 2.66. The molecular formula is C23H27N. The van der Waals surface area contributed by atoms with Gasteiger partial charge in [0.15, 0.2) is 0 Å². The summed E-state index contributed by atoms with van der Waals surface area (Å²) in [5.41, 5.74) is 7.57. The van der Waals surface area contributed by atoms with Crippen molar-refractivity contribution in [3.63, 3.8) is 0 Å². The van der Waals surface area contributed by atoms with Crippen LogP contribution in [0.2, 0.25) is 0 Å². The van der Waals surface area contributed by atoms with Crippen LogP contribution in [0.3, 0.4) is 0 Å². The van der Waals surface area contributed by atoms with Crippen molar-refractivity contribution in [3.05, 3.63) is 77.4 Å². The maximum atomic E-state index is 4.20. The van der Waals surface area contributed by atoms with Gasteiger partial charge < -0.3 is 0 Å². The Morgan fingerprint density at radius 3 is 2.71 bits per heavy atom. The van der Waals surface area contributed by atoms with Crippen LogP contribution in [0.15, 0.2) is 55.1 Å². The van der Waals surface area contributed by atoms with Crippen molar-refractivity contribution in [3.8, 4) is 0 Å². The number of hydrogen-bond donors (Lipinski definition) is 0. The van der Waals surface area contributed by atoms with Gasteiger partial charge in [0.05, 0.1) is 0 Å². The fraction of sp³-hybridized carbons (Fsp3) is 0.391. The maximum Gasteiger partial charge on any atom is 0.0234 e. The number of rotatable bonds is 3. The molecule has 1 heterocycles. The molecule has 1 nitrogen and oxygen atoms in total. The Morgan fingerprint density at radius 1 is 1.17 bits per heavy atom. The highest BCUT2D eigenvalue weighted by atomic mass is 15.2. The molecule has 2 aliphatic rings. The topological polar surface area (TPSA) is 3.24 Å². The first-order chi connectivity index (χ1) is 11.6. The molecule has 1 saturated heterocycles. The van der Waals surface area contributed by atoms with Crippen LogP contribution < -0.4 is 0 Å². The average molecular weight is 317 g/mol. The number of likely N-dealkylation sites (tertiary alicyclic amines) is 1. The molecule has 2 aromatic carbocycles. The van der Waals surface area contributed by atoms with Gasteiger partial charge >= 0.3 is 0 Å². The van der Waals surface area contributed by atoms with E-state index in [-0.39, 0.29) is 0 Å². The minimum absolute atomic E-state index is 0.412. The molecule has 4 rings (SSSR count). The molecule has 0 bridgehead atoms. The molecule has 124 valence electrons. The van der Waals surface area contributed by atoms with Crippen molar-refractivity contribution in [1.29, 1.82) is 0 Å². The number of hydrogen-bond acceptors (Lipinski definition) is 1. The lowest BCUT2D eigenvalue weighted by atomic mass is 9.66. The smallest absolute Gasteiger partial charge is 0.0234 e. The van der Waals surface area contributed by atoms with E-state index in [1.54, 1.807) is 11.1 Å². The third kappa shape index (κ3) is 2.61. The van der Waals surface area contributed by atoms with Gasteiger partial charge in [0.2, 0.25) is 0 Å². The summed E-state index contributed by atoms with van der Waals surface area (Å²) in [6.45, 7) is 12.3. The predicted molar refractivity (Wildman–Crippen MR) is 102 cm³/mol. The zero-order valence-electron chi connectivity index (χ0n) is 14.9. The van der Waals surface area contributed by atoms with Gasteiger partial charge in [0, 0.05) is 25.6 Å². The summed E-state index contributed by atoms with van der Waals surface area (Å²) < 4.78 is 0. The van der Waals surface area contributed by atoms with Crippen molar-refractivity contribution < 1.29 is 0 Å². The molecule has 1 aliphatic carbocycles. The minimum Gasteiger partial charge on any atom is -0.298 e. The highest BCUT2D eigenvalue weighted by Gasteiger charge is 2.46. The molecular weight excluding hydrogens is 290 g/mol. The first kappa shape index (κ1) is 15.7. The summed E-state index contributed by atoms with van der Waals surface area (Å²) in [5, 5.41) is 0. The molecule has 1 aliphatic heterocycles. The average Bonchev–Trinajstić information content (AvgIpc) is 2.91. The lowest BCUT2D eigenvalue weighted by Crippen LogP contribution is -2.31. The van der Waals surface area contributed by atoms with Crippen molar-refractivity contribution in [2.24, 2.45) is 5.41 Å². The lowest BCUT2D eigenvalue weighted by Gasteiger charge is -2.38. The van der Waals surface area contributed by atoms with Gasteiger partial charge in [-0.15, -0.1) is 0 Å². The fourth-order valence-corrected chi connectivity index (χ4v) is 4.87. The SMILES string of the molecule is C=C(C)c1cccc2c1CC[C@]1(C)CN(Cc3ccccc3)C[C@@H]21. The Morgan fingerprint density at radius 2 is 1.96 bits per heavy atom. The third-order valence-corrected chi connectivity index (χ3v) is 6.11. The van der Waals surface area contributed by atoms with E-state index in [1.165, 1.54) is 42.6 Å². The standard InChI is InChI=1S/C23H27N/c1-17(2)19-10-7-11-21-20(19)12-13-23(3)16-24(15-22(21)23)14-18-8-5-4-6-9-18/h4-11,22H,1,12-16H2,2-3H3/t22-,23+/m0/s1. The zero-order chi connectivity index (χ0) is 16.7. The molecule has 2 atom stereocenters. The van der Waals surface area contributed by atoms with Crippen LogP contribution in [0.25, 0.3) is 5.57 Å². The van der Waals surface area contributed by atoms with Crippen LogP contribution in [0.5, 0.6) is 0 Å². The summed E-state index contributed by atoms with van der Waals surface area (Å²) in [6, 6.07) is 17.7. The molecule has 0 unspecified atom stereocenters. The van der Waals surface area contributed by atoms with E-state index in [4.69, 9.17) is 0 Å². The second kappa shape index (κ2) is 5.89. The Kier molecular flexibility index (Phi) is 3.85. The van der Waals surface area contributed by atoms with Gasteiger partial charge in [-0.05, 0) is 47.4 Å². The summed E-state index contributed by atoms with van der Waals surface area (Å²) in [7, 11) is 0. The zero-order valence-corrected chi connectivity index (χ0v) is 14.9. The van der Waals surface area contributed by atoms with E-state index in [0.717, 1.165) is 6.54 Å². The van der Waals surface area contributed by atoms with Crippen LogP contribution in [0.1, 0.15) is 48.4 Å². The molecule has 0 aromatic heterocycles. The molecule has 0 spiro atoms. The van der Waals surface area contributed by atoms with Gasteiger partial charge in [-0.2, -0.15) is 0 Å². The van der Waals surface area contributed by atoms with Gasteiger partial charge in [-0.3, -0.25) is 4.90 Å². The summed E-state index contributed by atoms with van der Waals surface area (Å²) >= 11 is 0. The van der Waals surface area contributed by atoms with E-state index in [2.05, 4.69) is 73.9 Å². The lowest BCUT2D eigenvalue weighted by molar-refractivity contribution is 0.240. The summed E-state index contributed by atoms with van der Waals surface area (Å²) in [5.74, 6) is 0.657. The number of fused-ring (bicyclic) bond motifs is 3. The molecule has 1 fully saturated rings. The number of benzene rings is 2. The van der Waals surface area contributed by atoms with Crippen LogP contribution in [0.4, 0.5) is 0 Å². The second-order valence-corrected chi connectivity index (χ2v) is 8.02. The van der Waals surface area contributed by atoms with Gasteiger partial charge in [0.1, 0.15) is 0 Å². The van der Waals surface area contributed by atoms with Crippen LogP contribution >= 0.6 is 0 Å². The van der Waals surface area contributed by atoms with Crippen LogP contribution in [0, 0.1) is 5.41 Å². The monoisotopic (exact) mass is 317 g/mol. The maximum absolute atomic E-state index is 4.20. The Labute approximate surface area is 146 Å². The van der Waals surface area contributed by atoms with Gasteiger partial charge in [-0.25, -0.2) is 0 Å². The summed E-state index contributed by atoms with van der Waals surface area (Å²) in [6.07, 6.45) is 2.49. The van der Waals surface area contributed by atoms with Crippen molar-refractivity contribution in [2.45, 2.75) is 39.2 Å². The predicted octanol–water partition coefficient (Wildman–Crippen LogP) is 5.27. The van der Waals surface area contributed by atoms with E-state index in [1.807, 2.05) is 0 Å². The van der Waals surface area contributed by atoms with E-state index in [9.17, 15) is 0 Å². The highest BCUT2D eigenvalue weighted by molar-refractivity contribution is 5.66. The third-order valence-electron chi connectivity index (χ3n) is 6.11. The molecule has 2 aromatic rings. The minimum atomic E-state index is 0.412. The molecule has 1 heteroatoms. The fourth-order valence-electron chi connectivity index (χ4n) is 4.87. The Balaban J connectivity index is 1.64. The Hall–Kier alpha value is -1.86. The first-order valence-electron chi connectivity index (χ1n) is 9.11. The van der Waals surface area contributed by atoms with Crippen molar-refractivity contribution in [2.75, 3.05) is 13.1 Å². The normalized spacial score (nSPS) is 26.0. The van der Waals surface area contributed by atoms with Gasteiger partial charge in [-0.1, -0.05) is 67.6 Å². The van der Waals surface area contributed by atoms with Gasteiger partial charge in [0.25, 0.3) is 0 Å². The van der Waals surface area contributed by atoms with Crippen LogP contribution in [-0.2, 0) is 13.0 Å². The second-order valence-electron chi connectivity index (χ2n) is 8.02. The van der Waals surface area contributed by atoms with Crippen molar-refractivity contribution >= 4 is 5.57 Å². The van der Waals surface area contributed by atoms with E-state index >= 15 is 0 Å². The largest absolute Gasteiger partial charge is 0.298 e. The van der Waals surface area contributed by atoms with Crippen molar-refractivity contribution in [1.82, 2.24) is 4.90 Å². The Bertz CT molecular complexity index is 761. The first-order valence-corrected chi connectivity index (χ1v) is 9.11. The molecule has 0 N–H and O–H groups in total. The van der Waals surface area contributed by atoms with E-state index in [0.29, 0.717) is 11.3 Å². The molecule has 24 heavy (non-hydrogen) atoms. The highest BCUT2D eigenvalue weighted by Crippen LogP contribution is 2.51. The quantitative estimate of drug-likeness (QED) is 0.745. The number of allylic oxidation sites excluding steroid dienone is 1. The molecule has 0 amide bonds. The van der Waals surface area contributed by atoms with Crippen LogP contribution in [-0.4, -0.2) is 18.0 Å². The van der Waals surface area contributed by atoms with E-state index < -0.39 is 0 Å². The molecule has 0 saturated carbocycles. The molecule has 0 radical (unpaired) electrons.